The number of hydrogen-bond acceptors (Lipinski definition) is 3. The highest BCUT2D eigenvalue weighted by atomic mass is 16.5. The second kappa shape index (κ2) is 11.7. The Kier molecular flexibility index (Phi) is 9.81. The van der Waals surface area contributed by atoms with Crippen molar-refractivity contribution in [1.29, 1.82) is 0 Å². The molecule has 0 saturated carbocycles. The van der Waals surface area contributed by atoms with E-state index >= 15 is 0 Å². The summed E-state index contributed by atoms with van der Waals surface area (Å²) in [5.74, 6) is -0.106. The molecule has 4 nitrogen and oxygen atoms in total. The zero-order valence-electron chi connectivity index (χ0n) is 15.3. The molecular formula is C20H31NO3. The second-order valence-electron chi connectivity index (χ2n) is 6.39. The molecule has 0 saturated heterocycles. The van der Waals surface area contributed by atoms with Crippen LogP contribution in [0.1, 0.15) is 64.9 Å². The van der Waals surface area contributed by atoms with E-state index < -0.39 is 0 Å². The van der Waals surface area contributed by atoms with Gasteiger partial charge in [-0.15, -0.1) is 0 Å². The van der Waals surface area contributed by atoms with Crippen LogP contribution in [0.4, 0.5) is 0 Å². The summed E-state index contributed by atoms with van der Waals surface area (Å²) in [7, 11) is 0. The van der Waals surface area contributed by atoms with E-state index in [-0.39, 0.29) is 17.9 Å². The summed E-state index contributed by atoms with van der Waals surface area (Å²) in [5, 5.41) is 0. The maximum Gasteiger partial charge on any atom is 0.306 e. The van der Waals surface area contributed by atoms with Crippen molar-refractivity contribution in [3.05, 3.63) is 35.9 Å². The molecule has 0 bridgehead atoms. The first kappa shape index (κ1) is 20.2. The van der Waals surface area contributed by atoms with Crippen LogP contribution in [0.5, 0.6) is 0 Å². The Morgan fingerprint density at radius 2 is 1.75 bits per heavy atom. The highest BCUT2D eigenvalue weighted by Gasteiger charge is 2.16. The molecule has 4 heteroatoms. The molecule has 1 aromatic rings. The van der Waals surface area contributed by atoms with Crippen molar-refractivity contribution in [2.75, 3.05) is 6.54 Å². The molecule has 0 heterocycles. The standard InChI is InChI=1S/C20H31NO3/c1-4-5-9-15-21(17(2)3)19(22)13-10-14-20(23)24-16-18-11-7-6-8-12-18/h6-8,11-12,17H,4-5,9-10,13-16H2,1-3H3. The van der Waals surface area contributed by atoms with Gasteiger partial charge in [0.25, 0.3) is 0 Å². The molecule has 1 aromatic carbocycles. The number of hydrogen-bond donors (Lipinski definition) is 0. The average Bonchev–Trinajstić information content (AvgIpc) is 2.57. The van der Waals surface area contributed by atoms with Crippen molar-refractivity contribution in [2.24, 2.45) is 0 Å². The zero-order chi connectivity index (χ0) is 17.8. The minimum Gasteiger partial charge on any atom is -0.461 e. The monoisotopic (exact) mass is 333 g/mol. The van der Waals surface area contributed by atoms with Crippen molar-refractivity contribution >= 4 is 11.9 Å². The van der Waals surface area contributed by atoms with Gasteiger partial charge >= 0.3 is 5.97 Å². The van der Waals surface area contributed by atoms with Crippen molar-refractivity contribution in [3.8, 4) is 0 Å². The molecule has 0 radical (unpaired) electrons. The van der Waals surface area contributed by atoms with Gasteiger partial charge in [0.2, 0.25) is 5.91 Å². The maximum atomic E-state index is 12.3. The molecular weight excluding hydrogens is 302 g/mol. The average molecular weight is 333 g/mol. The minimum atomic E-state index is -0.242. The molecule has 0 aliphatic carbocycles. The summed E-state index contributed by atoms with van der Waals surface area (Å²) >= 11 is 0. The quantitative estimate of drug-likeness (QED) is 0.447. The van der Waals surface area contributed by atoms with E-state index in [0.717, 1.165) is 31.4 Å². The Morgan fingerprint density at radius 1 is 1.04 bits per heavy atom. The van der Waals surface area contributed by atoms with E-state index in [1.54, 1.807) is 0 Å². The number of esters is 1. The van der Waals surface area contributed by atoms with Crippen LogP contribution in [-0.4, -0.2) is 29.4 Å². The topological polar surface area (TPSA) is 46.6 Å². The fourth-order valence-electron chi connectivity index (χ4n) is 2.54. The summed E-state index contributed by atoms with van der Waals surface area (Å²) < 4.78 is 5.23. The molecule has 134 valence electrons. The van der Waals surface area contributed by atoms with E-state index in [0.29, 0.717) is 25.9 Å². The molecule has 0 atom stereocenters. The van der Waals surface area contributed by atoms with Crippen LogP contribution in [0, 0.1) is 0 Å². The van der Waals surface area contributed by atoms with Gasteiger partial charge in [-0.3, -0.25) is 9.59 Å². The molecule has 0 unspecified atom stereocenters. The van der Waals surface area contributed by atoms with E-state index in [9.17, 15) is 9.59 Å². The number of nitrogens with zero attached hydrogens (tertiary/aromatic N) is 1. The van der Waals surface area contributed by atoms with Gasteiger partial charge in [-0.2, -0.15) is 0 Å². The molecule has 0 aromatic heterocycles. The number of rotatable bonds is 11. The van der Waals surface area contributed by atoms with E-state index in [1.807, 2.05) is 49.1 Å². The van der Waals surface area contributed by atoms with Gasteiger partial charge < -0.3 is 9.64 Å². The minimum absolute atomic E-state index is 0.136. The van der Waals surface area contributed by atoms with Crippen molar-refractivity contribution in [1.82, 2.24) is 4.90 Å². The summed E-state index contributed by atoms with van der Waals surface area (Å²) in [4.78, 5) is 26.0. The normalized spacial score (nSPS) is 10.7. The van der Waals surface area contributed by atoms with E-state index in [2.05, 4.69) is 6.92 Å². The predicted molar refractivity (Wildman–Crippen MR) is 96.5 cm³/mol. The Balaban J connectivity index is 2.25. The van der Waals surface area contributed by atoms with Gasteiger partial charge in [0, 0.05) is 25.4 Å². The highest BCUT2D eigenvalue weighted by molar-refractivity contribution is 5.77. The maximum absolute atomic E-state index is 12.3. The van der Waals surface area contributed by atoms with Crippen LogP contribution >= 0.6 is 0 Å². The lowest BCUT2D eigenvalue weighted by atomic mass is 10.1. The van der Waals surface area contributed by atoms with Gasteiger partial charge in [0.1, 0.15) is 6.61 Å². The summed E-state index contributed by atoms with van der Waals surface area (Å²) in [6, 6.07) is 9.82. The molecule has 0 aliphatic heterocycles. The number of carbonyl (C=O) groups excluding carboxylic acids is 2. The second-order valence-corrected chi connectivity index (χ2v) is 6.39. The summed E-state index contributed by atoms with van der Waals surface area (Å²) in [6.07, 6.45) is 4.57. The fraction of sp³-hybridized carbons (Fsp3) is 0.600. The van der Waals surface area contributed by atoms with Crippen molar-refractivity contribution < 1.29 is 14.3 Å². The Hall–Kier alpha value is -1.84. The SMILES string of the molecule is CCCCCN(C(=O)CCCC(=O)OCc1ccccc1)C(C)C. The number of amides is 1. The van der Waals surface area contributed by atoms with Gasteiger partial charge in [-0.05, 0) is 32.3 Å². The van der Waals surface area contributed by atoms with Crippen LogP contribution < -0.4 is 0 Å². The van der Waals surface area contributed by atoms with Crippen molar-refractivity contribution in [3.63, 3.8) is 0 Å². The Labute approximate surface area is 146 Å². The summed E-state index contributed by atoms with van der Waals surface area (Å²) in [6.45, 7) is 7.34. The smallest absolute Gasteiger partial charge is 0.306 e. The molecule has 1 rings (SSSR count). The first-order chi connectivity index (χ1) is 11.5. The molecule has 1 amide bonds. The third-order valence-corrected chi connectivity index (χ3v) is 3.96. The lowest BCUT2D eigenvalue weighted by Gasteiger charge is -2.27. The first-order valence-electron chi connectivity index (χ1n) is 9.03. The van der Waals surface area contributed by atoms with E-state index in [4.69, 9.17) is 4.74 Å². The molecule has 0 fully saturated rings. The van der Waals surface area contributed by atoms with E-state index in [1.165, 1.54) is 0 Å². The van der Waals surface area contributed by atoms with Crippen LogP contribution in [0.25, 0.3) is 0 Å². The van der Waals surface area contributed by atoms with Gasteiger partial charge in [-0.1, -0.05) is 50.1 Å². The van der Waals surface area contributed by atoms with Gasteiger partial charge in [0.05, 0.1) is 0 Å². The van der Waals surface area contributed by atoms with Crippen LogP contribution in [-0.2, 0) is 20.9 Å². The van der Waals surface area contributed by atoms with Crippen LogP contribution in [0.15, 0.2) is 30.3 Å². The third kappa shape index (κ3) is 8.14. The third-order valence-electron chi connectivity index (χ3n) is 3.96. The van der Waals surface area contributed by atoms with Gasteiger partial charge in [-0.25, -0.2) is 0 Å². The Morgan fingerprint density at radius 3 is 2.38 bits per heavy atom. The largest absolute Gasteiger partial charge is 0.461 e. The number of benzene rings is 1. The molecule has 0 aliphatic rings. The molecule has 24 heavy (non-hydrogen) atoms. The highest BCUT2D eigenvalue weighted by Crippen LogP contribution is 2.09. The summed E-state index contributed by atoms with van der Waals surface area (Å²) in [5.41, 5.74) is 0.976. The molecule has 0 N–H and O–H groups in total. The molecule has 0 spiro atoms. The predicted octanol–water partition coefficient (Wildman–Crippen LogP) is 4.33. The number of ether oxygens (including phenoxy) is 1. The fourth-order valence-corrected chi connectivity index (χ4v) is 2.54. The number of carbonyl (C=O) groups is 2. The number of unbranched alkanes of at least 4 members (excludes halogenated alkanes) is 2. The zero-order valence-corrected chi connectivity index (χ0v) is 15.3. The van der Waals surface area contributed by atoms with Gasteiger partial charge in [0.15, 0.2) is 0 Å². The van der Waals surface area contributed by atoms with Crippen LogP contribution in [0.2, 0.25) is 0 Å². The Bertz CT molecular complexity index is 485. The van der Waals surface area contributed by atoms with Crippen LogP contribution in [0.3, 0.4) is 0 Å². The lowest BCUT2D eigenvalue weighted by Crippen LogP contribution is -2.37. The first-order valence-corrected chi connectivity index (χ1v) is 9.03. The van der Waals surface area contributed by atoms with Crippen molar-refractivity contribution in [2.45, 2.75) is 71.9 Å². The lowest BCUT2D eigenvalue weighted by molar-refractivity contribution is -0.145.